The molecule has 0 fully saturated rings. The number of pyridine rings is 1. The van der Waals surface area contributed by atoms with E-state index in [0.29, 0.717) is 19.4 Å². The molecule has 0 spiro atoms. The van der Waals surface area contributed by atoms with Crippen molar-refractivity contribution < 1.29 is 9.53 Å². The number of aldehydes is 1. The SMILES string of the molecule is COCCn1c(C(C)(C)C)ccc(C=O)c1=O. The molecule has 1 aromatic heterocycles. The summed E-state index contributed by atoms with van der Waals surface area (Å²) in [6.45, 7) is 7.01. The third-order valence-corrected chi connectivity index (χ3v) is 2.62. The van der Waals surface area contributed by atoms with Crippen LogP contribution in [0.25, 0.3) is 0 Å². The lowest BCUT2D eigenvalue weighted by Gasteiger charge is -2.24. The second kappa shape index (κ2) is 5.27. The van der Waals surface area contributed by atoms with Crippen molar-refractivity contribution in [3.05, 3.63) is 33.7 Å². The van der Waals surface area contributed by atoms with Gasteiger partial charge in [0.15, 0.2) is 6.29 Å². The Bertz CT molecular complexity index is 455. The van der Waals surface area contributed by atoms with Crippen LogP contribution >= 0.6 is 0 Å². The van der Waals surface area contributed by atoms with Gasteiger partial charge in [0, 0.05) is 24.8 Å². The van der Waals surface area contributed by atoms with Crippen LogP contribution in [0.2, 0.25) is 0 Å². The van der Waals surface area contributed by atoms with Crippen molar-refractivity contribution in [3.63, 3.8) is 0 Å². The number of hydrogen-bond donors (Lipinski definition) is 0. The van der Waals surface area contributed by atoms with Crippen LogP contribution in [-0.4, -0.2) is 24.6 Å². The predicted octanol–water partition coefficient (Wildman–Crippen LogP) is 1.60. The molecule has 0 aromatic carbocycles. The van der Waals surface area contributed by atoms with Gasteiger partial charge in [-0.15, -0.1) is 0 Å². The zero-order valence-electron chi connectivity index (χ0n) is 10.8. The number of rotatable bonds is 4. The third-order valence-electron chi connectivity index (χ3n) is 2.62. The fourth-order valence-corrected chi connectivity index (χ4v) is 1.74. The Balaban J connectivity index is 3.36. The summed E-state index contributed by atoms with van der Waals surface area (Å²) >= 11 is 0. The first-order valence-electron chi connectivity index (χ1n) is 5.60. The van der Waals surface area contributed by atoms with E-state index in [2.05, 4.69) is 0 Å². The highest BCUT2D eigenvalue weighted by molar-refractivity contribution is 5.74. The minimum atomic E-state index is -0.246. The summed E-state index contributed by atoms with van der Waals surface area (Å²) in [6.07, 6.45) is 0.595. The summed E-state index contributed by atoms with van der Waals surface area (Å²) in [6, 6.07) is 3.42. The molecule has 1 aromatic rings. The number of aromatic nitrogens is 1. The monoisotopic (exact) mass is 237 g/mol. The Kier molecular flexibility index (Phi) is 4.23. The Labute approximate surface area is 101 Å². The quantitative estimate of drug-likeness (QED) is 0.747. The molecule has 1 heterocycles. The van der Waals surface area contributed by atoms with Crippen molar-refractivity contribution in [3.8, 4) is 0 Å². The van der Waals surface area contributed by atoms with Crippen molar-refractivity contribution in [2.75, 3.05) is 13.7 Å². The maximum atomic E-state index is 12.0. The normalized spacial score (nSPS) is 11.5. The number of carbonyl (C=O) groups is 1. The Morgan fingerprint density at radius 3 is 2.47 bits per heavy atom. The van der Waals surface area contributed by atoms with Crippen LogP contribution in [-0.2, 0) is 16.7 Å². The minimum Gasteiger partial charge on any atom is -0.383 e. The van der Waals surface area contributed by atoms with E-state index in [4.69, 9.17) is 4.74 Å². The Morgan fingerprint density at radius 2 is 2.00 bits per heavy atom. The molecule has 0 aliphatic carbocycles. The lowest BCUT2D eigenvalue weighted by molar-refractivity contribution is 0.112. The van der Waals surface area contributed by atoms with E-state index < -0.39 is 0 Å². The summed E-state index contributed by atoms with van der Waals surface area (Å²) in [5, 5.41) is 0. The zero-order valence-corrected chi connectivity index (χ0v) is 10.8. The van der Waals surface area contributed by atoms with Crippen molar-refractivity contribution in [1.82, 2.24) is 4.57 Å². The topological polar surface area (TPSA) is 48.3 Å². The van der Waals surface area contributed by atoms with E-state index in [0.717, 1.165) is 5.69 Å². The van der Waals surface area contributed by atoms with E-state index >= 15 is 0 Å². The van der Waals surface area contributed by atoms with E-state index in [9.17, 15) is 9.59 Å². The average Bonchev–Trinajstić information content (AvgIpc) is 2.25. The molecule has 4 nitrogen and oxygen atoms in total. The number of hydrogen-bond acceptors (Lipinski definition) is 3. The van der Waals surface area contributed by atoms with Gasteiger partial charge in [-0.05, 0) is 12.1 Å². The number of methoxy groups -OCH3 is 1. The van der Waals surface area contributed by atoms with Gasteiger partial charge in [-0.25, -0.2) is 0 Å². The van der Waals surface area contributed by atoms with Gasteiger partial charge in [0.25, 0.3) is 5.56 Å². The number of nitrogens with zero attached hydrogens (tertiary/aromatic N) is 1. The molecule has 0 aliphatic heterocycles. The highest BCUT2D eigenvalue weighted by atomic mass is 16.5. The molecule has 0 N–H and O–H groups in total. The fraction of sp³-hybridized carbons (Fsp3) is 0.538. The second-order valence-corrected chi connectivity index (χ2v) is 4.99. The molecule has 0 unspecified atom stereocenters. The van der Waals surface area contributed by atoms with E-state index in [-0.39, 0.29) is 16.5 Å². The number of carbonyl (C=O) groups excluding carboxylic acids is 1. The van der Waals surface area contributed by atoms with Crippen molar-refractivity contribution >= 4 is 6.29 Å². The van der Waals surface area contributed by atoms with Crippen LogP contribution in [0.1, 0.15) is 36.8 Å². The first kappa shape index (κ1) is 13.6. The predicted molar refractivity (Wildman–Crippen MR) is 66.7 cm³/mol. The van der Waals surface area contributed by atoms with Crippen LogP contribution in [0.4, 0.5) is 0 Å². The Hall–Kier alpha value is -1.42. The van der Waals surface area contributed by atoms with Crippen LogP contribution in [0.15, 0.2) is 16.9 Å². The summed E-state index contributed by atoms with van der Waals surface area (Å²) in [5.41, 5.74) is 0.706. The summed E-state index contributed by atoms with van der Waals surface area (Å²) in [5.74, 6) is 0. The highest BCUT2D eigenvalue weighted by Crippen LogP contribution is 2.20. The summed E-state index contributed by atoms with van der Waals surface area (Å²) in [4.78, 5) is 22.8. The molecule has 0 saturated heterocycles. The molecular formula is C13H19NO3. The van der Waals surface area contributed by atoms with Gasteiger partial charge in [-0.1, -0.05) is 20.8 Å². The first-order valence-corrected chi connectivity index (χ1v) is 5.60. The standard InChI is InChI=1S/C13H19NO3/c1-13(2,3)11-6-5-10(9-15)12(16)14(11)7-8-17-4/h5-6,9H,7-8H2,1-4H3. The van der Waals surface area contributed by atoms with Gasteiger partial charge >= 0.3 is 0 Å². The van der Waals surface area contributed by atoms with Gasteiger partial charge in [-0.3, -0.25) is 9.59 Å². The van der Waals surface area contributed by atoms with Gasteiger partial charge in [0.1, 0.15) is 0 Å². The molecule has 0 saturated carbocycles. The Morgan fingerprint density at radius 1 is 1.35 bits per heavy atom. The van der Waals surface area contributed by atoms with Gasteiger partial charge in [0.05, 0.1) is 12.2 Å². The third kappa shape index (κ3) is 3.03. The summed E-state index contributed by atoms with van der Waals surface area (Å²) in [7, 11) is 1.59. The number of ether oxygens (including phenoxy) is 1. The van der Waals surface area contributed by atoms with E-state index in [1.165, 1.54) is 0 Å². The van der Waals surface area contributed by atoms with E-state index in [1.807, 2.05) is 26.8 Å². The maximum absolute atomic E-state index is 12.0. The van der Waals surface area contributed by atoms with Crippen LogP contribution in [0.3, 0.4) is 0 Å². The largest absolute Gasteiger partial charge is 0.383 e. The summed E-state index contributed by atoms with van der Waals surface area (Å²) < 4.78 is 6.61. The molecule has 0 atom stereocenters. The van der Waals surface area contributed by atoms with Gasteiger partial charge in [-0.2, -0.15) is 0 Å². The minimum absolute atomic E-state index is 0.145. The van der Waals surface area contributed by atoms with Crippen molar-refractivity contribution in [2.24, 2.45) is 0 Å². The van der Waals surface area contributed by atoms with Gasteiger partial charge in [0.2, 0.25) is 0 Å². The lowest BCUT2D eigenvalue weighted by atomic mass is 9.91. The van der Waals surface area contributed by atoms with Crippen LogP contribution in [0.5, 0.6) is 0 Å². The first-order chi connectivity index (χ1) is 7.91. The highest BCUT2D eigenvalue weighted by Gasteiger charge is 2.19. The molecule has 0 bridgehead atoms. The fourth-order valence-electron chi connectivity index (χ4n) is 1.74. The second-order valence-electron chi connectivity index (χ2n) is 4.99. The molecule has 4 heteroatoms. The van der Waals surface area contributed by atoms with Crippen molar-refractivity contribution in [2.45, 2.75) is 32.7 Å². The van der Waals surface area contributed by atoms with Gasteiger partial charge < -0.3 is 9.30 Å². The average molecular weight is 237 g/mol. The maximum Gasteiger partial charge on any atom is 0.261 e. The molecular weight excluding hydrogens is 218 g/mol. The molecule has 0 amide bonds. The van der Waals surface area contributed by atoms with Crippen LogP contribution < -0.4 is 5.56 Å². The molecule has 17 heavy (non-hydrogen) atoms. The molecule has 0 aliphatic rings. The lowest BCUT2D eigenvalue weighted by Crippen LogP contribution is -2.32. The van der Waals surface area contributed by atoms with Crippen LogP contribution in [0, 0.1) is 0 Å². The van der Waals surface area contributed by atoms with E-state index in [1.54, 1.807) is 17.7 Å². The zero-order chi connectivity index (χ0) is 13.1. The molecule has 0 radical (unpaired) electrons. The molecule has 94 valence electrons. The molecule has 1 rings (SSSR count). The smallest absolute Gasteiger partial charge is 0.261 e. The van der Waals surface area contributed by atoms with Crippen molar-refractivity contribution in [1.29, 1.82) is 0 Å².